The van der Waals surface area contributed by atoms with E-state index in [1.165, 1.54) is 19.1 Å². The van der Waals surface area contributed by atoms with Crippen molar-refractivity contribution in [1.29, 1.82) is 0 Å². The molecule has 4 atom stereocenters. The Hall–Kier alpha value is -3.32. The van der Waals surface area contributed by atoms with Crippen LogP contribution in [0, 0.1) is 0 Å². The van der Waals surface area contributed by atoms with Crippen LogP contribution in [0.15, 0.2) is 24.3 Å². The highest BCUT2D eigenvalue weighted by Gasteiger charge is 2.29. The van der Waals surface area contributed by atoms with Crippen LogP contribution >= 0.6 is 12.6 Å². The molecule has 0 radical (unpaired) electrons. The van der Waals surface area contributed by atoms with Crippen molar-refractivity contribution in [2.75, 3.05) is 5.75 Å². The third-order valence-corrected chi connectivity index (χ3v) is 4.90. The maximum absolute atomic E-state index is 12.9. The Kier molecular flexibility index (Phi) is 11.2. The van der Waals surface area contributed by atoms with Gasteiger partial charge in [-0.05, 0) is 31.0 Å². The van der Waals surface area contributed by atoms with Crippen molar-refractivity contribution < 1.29 is 34.2 Å². The topological polar surface area (TPSA) is 214 Å². The van der Waals surface area contributed by atoms with Crippen LogP contribution in [0.4, 0.5) is 0 Å². The molecule has 0 heterocycles. The van der Waals surface area contributed by atoms with Crippen LogP contribution in [0.5, 0.6) is 5.75 Å². The quantitative estimate of drug-likeness (QED) is 0.147. The van der Waals surface area contributed by atoms with Crippen molar-refractivity contribution in [3.63, 3.8) is 0 Å². The molecule has 0 aliphatic heterocycles. The molecule has 0 fully saturated rings. The van der Waals surface area contributed by atoms with E-state index in [4.69, 9.17) is 11.5 Å². The van der Waals surface area contributed by atoms with Gasteiger partial charge in [-0.2, -0.15) is 12.6 Å². The summed E-state index contributed by atoms with van der Waals surface area (Å²) in [5.41, 5.74) is 11.2. The van der Waals surface area contributed by atoms with E-state index in [0.29, 0.717) is 5.56 Å². The van der Waals surface area contributed by atoms with Gasteiger partial charge in [0.15, 0.2) is 0 Å². The lowest BCUT2D eigenvalue weighted by Gasteiger charge is -2.24. The predicted molar refractivity (Wildman–Crippen MR) is 121 cm³/mol. The number of primary amides is 1. The predicted octanol–water partition coefficient (Wildman–Crippen LogP) is -1.98. The van der Waals surface area contributed by atoms with Crippen LogP contribution in [0.25, 0.3) is 0 Å². The first-order valence-corrected chi connectivity index (χ1v) is 10.6. The van der Waals surface area contributed by atoms with Crippen molar-refractivity contribution in [2.24, 2.45) is 11.5 Å². The summed E-state index contributed by atoms with van der Waals surface area (Å²) in [6, 6.07) is 1.32. The number of carbonyl (C=O) groups is 5. The number of phenols is 1. The van der Waals surface area contributed by atoms with Crippen LogP contribution < -0.4 is 27.4 Å². The van der Waals surface area contributed by atoms with Crippen molar-refractivity contribution in [2.45, 2.75) is 50.4 Å². The second kappa shape index (κ2) is 13.3. The molecule has 0 aromatic heterocycles. The fraction of sp³-hybridized carbons (Fsp3) is 0.450. The van der Waals surface area contributed by atoms with Crippen LogP contribution in [0.2, 0.25) is 0 Å². The largest absolute Gasteiger partial charge is 0.508 e. The minimum absolute atomic E-state index is 0.0236. The number of hydrogen-bond donors (Lipinski definition) is 8. The Balaban J connectivity index is 2.94. The Morgan fingerprint density at radius 2 is 1.45 bits per heavy atom. The second-order valence-corrected chi connectivity index (χ2v) is 7.73. The van der Waals surface area contributed by atoms with E-state index in [9.17, 15) is 34.2 Å². The third kappa shape index (κ3) is 9.78. The van der Waals surface area contributed by atoms with Crippen LogP contribution in [-0.4, -0.2) is 69.7 Å². The highest BCUT2D eigenvalue weighted by atomic mass is 32.1. The molecule has 0 aliphatic rings. The standard InChI is InChI=1S/C20H29N5O7S/c1-10(21)17(28)24-14(8-11-2-4-12(26)5-3-11)18(29)25-15(9-33)19(30)23-13(20(31)32)6-7-16(22)27/h2-5,10,13-15,26,33H,6-9,21H2,1H3,(H2,22,27)(H,23,30)(H,24,28)(H,25,29)(H,31,32). The number of thiol groups is 1. The van der Waals surface area contributed by atoms with Gasteiger partial charge in [0.25, 0.3) is 0 Å². The molecule has 12 nitrogen and oxygen atoms in total. The monoisotopic (exact) mass is 483 g/mol. The van der Waals surface area contributed by atoms with Gasteiger partial charge in [0, 0.05) is 18.6 Å². The Morgan fingerprint density at radius 1 is 0.939 bits per heavy atom. The summed E-state index contributed by atoms with van der Waals surface area (Å²) >= 11 is 4.04. The minimum atomic E-state index is -1.39. The Morgan fingerprint density at radius 3 is 1.94 bits per heavy atom. The van der Waals surface area contributed by atoms with Crippen LogP contribution in [0.3, 0.4) is 0 Å². The molecule has 0 saturated carbocycles. The first-order chi connectivity index (χ1) is 15.4. The van der Waals surface area contributed by atoms with Gasteiger partial charge in [0.2, 0.25) is 23.6 Å². The summed E-state index contributed by atoms with van der Waals surface area (Å²) in [5, 5.41) is 25.8. The maximum atomic E-state index is 12.9. The number of aliphatic carboxylic acids is 1. The summed E-state index contributed by atoms with van der Waals surface area (Å²) in [6.45, 7) is 1.44. The third-order valence-electron chi connectivity index (χ3n) is 4.53. The molecule has 9 N–H and O–H groups in total. The van der Waals surface area contributed by atoms with Gasteiger partial charge in [-0.15, -0.1) is 0 Å². The van der Waals surface area contributed by atoms with E-state index >= 15 is 0 Å². The van der Waals surface area contributed by atoms with E-state index in [1.54, 1.807) is 12.1 Å². The Bertz CT molecular complexity index is 863. The SMILES string of the molecule is CC(N)C(=O)NC(Cc1ccc(O)cc1)C(=O)NC(CS)C(=O)NC(CCC(N)=O)C(=O)O. The molecule has 0 spiro atoms. The normalized spacial score (nSPS) is 14.3. The number of carboxylic acids is 1. The summed E-state index contributed by atoms with van der Waals surface area (Å²) in [4.78, 5) is 59.8. The summed E-state index contributed by atoms with van der Waals surface area (Å²) in [6.07, 6.45) is -0.452. The fourth-order valence-corrected chi connectivity index (χ4v) is 2.92. The highest BCUT2D eigenvalue weighted by Crippen LogP contribution is 2.12. The van der Waals surface area contributed by atoms with Gasteiger partial charge in [0.1, 0.15) is 23.9 Å². The molecule has 0 bridgehead atoms. The lowest BCUT2D eigenvalue weighted by molar-refractivity contribution is -0.142. The molecule has 182 valence electrons. The summed E-state index contributed by atoms with van der Waals surface area (Å²) in [7, 11) is 0. The zero-order valence-corrected chi connectivity index (χ0v) is 18.9. The molecule has 4 amide bonds. The minimum Gasteiger partial charge on any atom is -0.508 e. The first-order valence-electron chi connectivity index (χ1n) is 10.0. The number of phenolic OH excluding ortho intramolecular Hbond substituents is 1. The van der Waals surface area contributed by atoms with E-state index in [0.717, 1.165) is 0 Å². The van der Waals surface area contributed by atoms with Crippen LogP contribution in [-0.2, 0) is 30.4 Å². The molecule has 1 rings (SSSR count). The molecule has 4 unspecified atom stereocenters. The number of hydrogen-bond acceptors (Lipinski definition) is 8. The average molecular weight is 484 g/mol. The van der Waals surface area contributed by atoms with E-state index in [-0.39, 0.29) is 30.8 Å². The number of nitrogens with two attached hydrogens (primary N) is 2. The molecule has 1 aromatic rings. The Labute approximate surface area is 195 Å². The summed E-state index contributed by atoms with van der Waals surface area (Å²) < 4.78 is 0. The molecular weight excluding hydrogens is 454 g/mol. The van der Waals surface area contributed by atoms with Gasteiger partial charge >= 0.3 is 5.97 Å². The number of amides is 4. The number of nitrogens with one attached hydrogen (secondary N) is 3. The van der Waals surface area contributed by atoms with E-state index < -0.39 is 53.8 Å². The van der Waals surface area contributed by atoms with Gasteiger partial charge in [-0.1, -0.05) is 12.1 Å². The molecule has 33 heavy (non-hydrogen) atoms. The van der Waals surface area contributed by atoms with Crippen molar-refractivity contribution in [1.82, 2.24) is 16.0 Å². The zero-order chi connectivity index (χ0) is 25.1. The van der Waals surface area contributed by atoms with E-state index in [2.05, 4.69) is 28.6 Å². The number of rotatable bonds is 13. The van der Waals surface area contributed by atoms with Gasteiger partial charge in [-0.25, -0.2) is 4.79 Å². The molecule has 0 saturated heterocycles. The number of carboxylic acid groups (broad SMARTS) is 1. The highest BCUT2D eigenvalue weighted by molar-refractivity contribution is 7.80. The molecule has 0 aliphatic carbocycles. The lowest BCUT2D eigenvalue weighted by Crippen LogP contribution is -2.58. The second-order valence-electron chi connectivity index (χ2n) is 7.37. The zero-order valence-electron chi connectivity index (χ0n) is 18.0. The number of aromatic hydroxyl groups is 1. The molecular formula is C20H29N5O7S. The van der Waals surface area contributed by atoms with Crippen molar-refractivity contribution in [3.05, 3.63) is 29.8 Å². The lowest BCUT2D eigenvalue weighted by atomic mass is 10.0. The fourth-order valence-electron chi connectivity index (χ4n) is 2.66. The maximum Gasteiger partial charge on any atom is 0.326 e. The van der Waals surface area contributed by atoms with Gasteiger partial charge in [-0.3, -0.25) is 19.2 Å². The van der Waals surface area contributed by atoms with Crippen molar-refractivity contribution in [3.8, 4) is 5.75 Å². The molecule has 1 aromatic carbocycles. The van der Waals surface area contributed by atoms with Crippen LogP contribution in [0.1, 0.15) is 25.3 Å². The smallest absolute Gasteiger partial charge is 0.326 e. The summed E-state index contributed by atoms with van der Waals surface area (Å²) in [5.74, 6) is -4.41. The van der Waals surface area contributed by atoms with Gasteiger partial charge in [0.05, 0.1) is 6.04 Å². The van der Waals surface area contributed by atoms with E-state index in [1.807, 2.05) is 0 Å². The first kappa shape index (κ1) is 27.7. The van der Waals surface area contributed by atoms with Crippen molar-refractivity contribution >= 4 is 42.2 Å². The average Bonchev–Trinajstić information content (AvgIpc) is 2.74. The number of carbonyl (C=O) groups excluding carboxylic acids is 4. The number of benzene rings is 1. The molecule has 13 heteroatoms. The van der Waals surface area contributed by atoms with Gasteiger partial charge < -0.3 is 37.6 Å².